The molecule has 27 heavy (non-hydrogen) atoms. The number of thiazole rings is 1. The predicted octanol–water partition coefficient (Wildman–Crippen LogP) is 4.09. The van der Waals surface area contributed by atoms with Crippen molar-refractivity contribution in [3.05, 3.63) is 74.4 Å². The zero-order valence-corrected chi connectivity index (χ0v) is 15.7. The number of non-ortho nitro benzene ring substituents is 1. The Balaban J connectivity index is 1.91. The molecule has 0 atom stereocenters. The van der Waals surface area contributed by atoms with Crippen LogP contribution in [0, 0.1) is 10.1 Å². The third-order valence-electron chi connectivity index (χ3n) is 3.93. The lowest BCUT2D eigenvalue weighted by Crippen LogP contribution is -2.14. The van der Waals surface area contributed by atoms with Crippen molar-refractivity contribution in [3.8, 4) is 17.0 Å². The van der Waals surface area contributed by atoms with E-state index in [2.05, 4.69) is 10.2 Å². The molecule has 3 rings (SSSR count). The van der Waals surface area contributed by atoms with E-state index < -0.39 is 4.92 Å². The summed E-state index contributed by atoms with van der Waals surface area (Å²) in [4.78, 5) is 11.3. The SMILES string of the molecule is CCn1c(-c2cccc([N+](=O)[O-])c2)cs/c1=N\N=C/c1ccc(OC)cc1. The Morgan fingerprint density at radius 1 is 1.26 bits per heavy atom. The molecule has 1 aromatic heterocycles. The van der Waals surface area contributed by atoms with Gasteiger partial charge in [0.25, 0.3) is 5.69 Å². The fraction of sp³-hybridized carbons (Fsp3) is 0.158. The first kappa shape index (κ1) is 18.5. The second kappa shape index (κ2) is 8.41. The van der Waals surface area contributed by atoms with Gasteiger partial charge in [-0.2, -0.15) is 5.10 Å². The first-order valence-electron chi connectivity index (χ1n) is 8.26. The van der Waals surface area contributed by atoms with E-state index in [1.165, 1.54) is 17.4 Å². The average molecular weight is 382 g/mol. The van der Waals surface area contributed by atoms with Gasteiger partial charge in [-0.05, 0) is 36.8 Å². The summed E-state index contributed by atoms with van der Waals surface area (Å²) >= 11 is 1.44. The number of benzene rings is 2. The van der Waals surface area contributed by atoms with Gasteiger partial charge in [-0.25, -0.2) is 0 Å². The molecule has 0 N–H and O–H groups in total. The molecule has 0 aliphatic rings. The third kappa shape index (κ3) is 4.29. The summed E-state index contributed by atoms with van der Waals surface area (Å²) in [5, 5.41) is 21.4. The standard InChI is InChI=1S/C19H18N4O3S/c1-3-22-18(15-5-4-6-16(11-15)23(24)25)13-27-19(22)21-20-12-14-7-9-17(26-2)10-8-14/h4-13H,3H2,1-2H3/b20-12-,21-19-. The molecule has 1 heterocycles. The van der Waals surface area contributed by atoms with Gasteiger partial charge in [-0.1, -0.05) is 12.1 Å². The lowest BCUT2D eigenvalue weighted by Gasteiger charge is -2.05. The fourth-order valence-corrected chi connectivity index (χ4v) is 3.49. The molecule has 138 valence electrons. The highest BCUT2D eigenvalue weighted by Crippen LogP contribution is 2.24. The molecule has 0 aliphatic heterocycles. The summed E-state index contributed by atoms with van der Waals surface area (Å²) in [5.74, 6) is 0.785. The van der Waals surface area contributed by atoms with Crippen molar-refractivity contribution in [3.63, 3.8) is 0 Å². The van der Waals surface area contributed by atoms with Crippen molar-refractivity contribution < 1.29 is 9.66 Å². The second-order valence-corrected chi connectivity index (χ2v) is 6.41. The van der Waals surface area contributed by atoms with Crippen LogP contribution in [0.15, 0.2) is 64.1 Å². The molecule has 8 heteroatoms. The van der Waals surface area contributed by atoms with Crippen molar-refractivity contribution in [2.75, 3.05) is 7.11 Å². The molecule has 0 saturated carbocycles. The monoisotopic (exact) mass is 382 g/mol. The number of nitro benzene ring substituents is 1. The molecule has 0 bridgehead atoms. The maximum Gasteiger partial charge on any atom is 0.270 e. The van der Waals surface area contributed by atoms with Crippen LogP contribution < -0.4 is 9.54 Å². The molecular formula is C19H18N4O3S. The van der Waals surface area contributed by atoms with E-state index in [-0.39, 0.29) is 5.69 Å². The van der Waals surface area contributed by atoms with Gasteiger partial charge < -0.3 is 9.30 Å². The summed E-state index contributed by atoms with van der Waals surface area (Å²) in [6.45, 7) is 2.68. The summed E-state index contributed by atoms with van der Waals surface area (Å²) in [6, 6.07) is 14.1. The molecular weight excluding hydrogens is 364 g/mol. The maximum absolute atomic E-state index is 11.0. The van der Waals surface area contributed by atoms with E-state index in [0.29, 0.717) is 6.54 Å². The van der Waals surface area contributed by atoms with Crippen LogP contribution in [0.5, 0.6) is 5.75 Å². The van der Waals surface area contributed by atoms with Gasteiger partial charge in [0.15, 0.2) is 0 Å². The Hall–Kier alpha value is -3.26. The number of hydrogen-bond donors (Lipinski definition) is 0. The normalized spacial score (nSPS) is 11.9. The minimum atomic E-state index is -0.392. The summed E-state index contributed by atoms with van der Waals surface area (Å²) in [6.07, 6.45) is 1.67. The van der Waals surface area contributed by atoms with Gasteiger partial charge in [0.1, 0.15) is 5.75 Å². The van der Waals surface area contributed by atoms with Crippen molar-refractivity contribution in [2.24, 2.45) is 10.2 Å². The minimum Gasteiger partial charge on any atom is -0.497 e. The van der Waals surface area contributed by atoms with Gasteiger partial charge in [-0.15, -0.1) is 16.4 Å². The Morgan fingerprint density at radius 2 is 2.04 bits per heavy atom. The first-order valence-corrected chi connectivity index (χ1v) is 9.14. The van der Waals surface area contributed by atoms with Crippen LogP contribution in [0.1, 0.15) is 12.5 Å². The Morgan fingerprint density at radius 3 is 2.70 bits per heavy atom. The number of aromatic nitrogens is 1. The number of nitro groups is 1. The highest BCUT2D eigenvalue weighted by atomic mass is 32.1. The van der Waals surface area contributed by atoms with Gasteiger partial charge in [0, 0.05) is 29.6 Å². The van der Waals surface area contributed by atoms with Crippen LogP contribution in [-0.4, -0.2) is 22.8 Å². The summed E-state index contributed by atoms with van der Waals surface area (Å²) in [5.41, 5.74) is 2.64. The maximum atomic E-state index is 11.0. The molecule has 0 unspecified atom stereocenters. The summed E-state index contributed by atoms with van der Waals surface area (Å²) < 4.78 is 7.11. The van der Waals surface area contributed by atoms with Crippen molar-refractivity contribution >= 4 is 23.2 Å². The number of nitrogens with zero attached hydrogens (tertiary/aromatic N) is 4. The van der Waals surface area contributed by atoms with E-state index >= 15 is 0 Å². The number of hydrogen-bond acceptors (Lipinski definition) is 6. The van der Waals surface area contributed by atoms with E-state index in [0.717, 1.165) is 27.4 Å². The van der Waals surface area contributed by atoms with Gasteiger partial charge in [0.2, 0.25) is 4.80 Å². The predicted molar refractivity (Wildman–Crippen MR) is 106 cm³/mol. The first-order chi connectivity index (χ1) is 13.1. The lowest BCUT2D eigenvalue weighted by atomic mass is 10.1. The quantitative estimate of drug-likeness (QED) is 0.366. The zero-order chi connectivity index (χ0) is 19.2. The van der Waals surface area contributed by atoms with Gasteiger partial charge in [0.05, 0.1) is 23.9 Å². The van der Waals surface area contributed by atoms with Crippen molar-refractivity contribution in [1.82, 2.24) is 4.57 Å². The number of ether oxygens (including phenoxy) is 1. The average Bonchev–Trinajstić information content (AvgIpc) is 3.11. The Labute approximate surface area is 160 Å². The molecule has 0 amide bonds. The smallest absolute Gasteiger partial charge is 0.270 e. The van der Waals surface area contributed by atoms with Crippen LogP contribution in [0.4, 0.5) is 5.69 Å². The van der Waals surface area contributed by atoms with Crippen LogP contribution in [0.2, 0.25) is 0 Å². The molecule has 2 aromatic carbocycles. The minimum absolute atomic E-state index is 0.0670. The van der Waals surface area contributed by atoms with E-state index in [1.54, 1.807) is 25.5 Å². The van der Waals surface area contributed by atoms with Crippen LogP contribution in [-0.2, 0) is 6.54 Å². The van der Waals surface area contributed by atoms with Crippen LogP contribution in [0.25, 0.3) is 11.3 Å². The molecule has 0 fully saturated rings. The lowest BCUT2D eigenvalue weighted by molar-refractivity contribution is -0.384. The molecule has 0 spiro atoms. The molecule has 7 nitrogen and oxygen atoms in total. The zero-order valence-electron chi connectivity index (χ0n) is 14.9. The third-order valence-corrected chi connectivity index (χ3v) is 4.79. The largest absolute Gasteiger partial charge is 0.497 e. The van der Waals surface area contributed by atoms with Crippen LogP contribution in [0.3, 0.4) is 0 Å². The molecule has 0 radical (unpaired) electrons. The Bertz CT molecular complexity index is 1040. The Kier molecular flexibility index (Phi) is 5.77. The topological polar surface area (TPSA) is 82.0 Å². The fourth-order valence-electron chi connectivity index (χ4n) is 2.56. The van der Waals surface area contributed by atoms with E-state index in [4.69, 9.17) is 4.74 Å². The van der Waals surface area contributed by atoms with Crippen molar-refractivity contribution in [1.29, 1.82) is 0 Å². The molecule has 3 aromatic rings. The highest BCUT2D eigenvalue weighted by molar-refractivity contribution is 7.07. The molecule has 0 aliphatic carbocycles. The van der Waals surface area contributed by atoms with Gasteiger partial charge >= 0.3 is 0 Å². The van der Waals surface area contributed by atoms with E-state index in [1.807, 2.05) is 47.2 Å². The summed E-state index contributed by atoms with van der Waals surface area (Å²) in [7, 11) is 1.62. The number of methoxy groups -OCH3 is 1. The number of rotatable bonds is 6. The second-order valence-electron chi connectivity index (χ2n) is 5.57. The van der Waals surface area contributed by atoms with Crippen molar-refractivity contribution in [2.45, 2.75) is 13.5 Å². The molecule has 0 saturated heterocycles. The van der Waals surface area contributed by atoms with Gasteiger partial charge in [-0.3, -0.25) is 10.1 Å². The van der Waals surface area contributed by atoms with E-state index in [9.17, 15) is 10.1 Å². The van der Waals surface area contributed by atoms with Crippen LogP contribution >= 0.6 is 11.3 Å². The highest BCUT2D eigenvalue weighted by Gasteiger charge is 2.11.